The Balaban J connectivity index is 1.76. The fourth-order valence-corrected chi connectivity index (χ4v) is 4.50. The van der Waals surface area contributed by atoms with Crippen LogP contribution in [-0.4, -0.2) is 33.7 Å². The van der Waals surface area contributed by atoms with Crippen molar-refractivity contribution in [3.8, 4) is 5.75 Å². The molecule has 1 atom stereocenters. The van der Waals surface area contributed by atoms with E-state index in [9.17, 15) is 9.59 Å². The van der Waals surface area contributed by atoms with E-state index in [1.807, 2.05) is 30.3 Å². The smallest absolute Gasteiger partial charge is 0.280 e. The van der Waals surface area contributed by atoms with Crippen molar-refractivity contribution in [1.29, 1.82) is 0 Å². The number of rotatable bonds is 7. The zero-order valence-corrected chi connectivity index (χ0v) is 18.8. The first kappa shape index (κ1) is 22.0. The Morgan fingerprint density at radius 2 is 1.78 bits per heavy atom. The van der Waals surface area contributed by atoms with Crippen LogP contribution in [0.4, 0.5) is 5.69 Å². The fourth-order valence-electron chi connectivity index (χ4n) is 4.09. The Bertz CT molecular complexity index is 1020. The second kappa shape index (κ2) is 10.4. The number of carbonyl (C=O) groups excluding carboxylic acids is 2. The molecule has 0 spiro atoms. The number of methoxy groups -OCH3 is 1. The van der Waals surface area contributed by atoms with Crippen LogP contribution < -0.4 is 15.0 Å². The normalized spacial score (nSPS) is 15.0. The molecular formula is C24H26N4O3S. The van der Waals surface area contributed by atoms with Crippen molar-refractivity contribution in [2.75, 3.05) is 12.0 Å². The molecule has 4 rings (SSSR count). The number of aromatic nitrogens is 2. The molecule has 3 aromatic rings. The first-order valence-electron chi connectivity index (χ1n) is 10.8. The van der Waals surface area contributed by atoms with Crippen molar-refractivity contribution in [2.24, 2.45) is 0 Å². The molecule has 0 aliphatic heterocycles. The Hall–Kier alpha value is -3.26. The second-order valence-electron chi connectivity index (χ2n) is 7.82. The van der Waals surface area contributed by atoms with Crippen LogP contribution in [0, 0.1) is 0 Å². The van der Waals surface area contributed by atoms with Crippen LogP contribution in [0.2, 0.25) is 0 Å². The molecule has 1 fully saturated rings. The number of hydrogen-bond acceptors (Lipinski definition) is 6. The number of benzene rings is 2. The van der Waals surface area contributed by atoms with E-state index in [0.717, 1.165) is 43.0 Å². The van der Waals surface area contributed by atoms with E-state index in [1.54, 1.807) is 31.4 Å². The average Bonchev–Trinajstić information content (AvgIpc) is 3.38. The van der Waals surface area contributed by atoms with Crippen molar-refractivity contribution >= 4 is 29.2 Å². The quantitative estimate of drug-likeness (QED) is 0.577. The summed E-state index contributed by atoms with van der Waals surface area (Å²) in [4.78, 5) is 28.8. The molecule has 7 nitrogen and oxygen atoms in total. The van der Waals surface area contributed by atoms with Gasteiger partial charge in [-0.2, -0.15) is 8.75 Å². The summed E-state index contributed by atoms with van der Waals surface area (Å²) in [6.07, 6.45) is 6.75. The Labute approximate surface area is 191 Å². The fraction of sp³-hybridized carbons (Fsp3) is 0.333. The molecule has 1 N–H and O–H groups in total. The first-order valence-corrected chi connectivity index (χ1v) is 11.5. The molecule has 32 heavy (non-hydrogen) atoms. The highest BCUT2D eigenvalue weighted by molar-refractivity contribution is 6.99. The third-order valence-electron chi connectivity index (χ3n) is 5.72. The Morgan fingerprint density at radius 3 is 2.41 bits per heavy atom. The lowest BCUT2D eigenvalue weighted by molar-refractivity contribution is -0.123. The molecule has 0 unspecified atom stereocenters. The van der Waals surface area contributed by atoms with Gasteiger partial charge < -0.3 is 10.1 Å². The molecule has 166 valence electrons. The number of nitrogens with one attached hydrogen (secondary N) is 1. The van der Waals surface area contributed by atoms with Crippen LogP contribution in [0.3, 0.4) is 0 Å². The maximum Gasteiger partial charge on any atom is 0.280 e. The topological polar surface area (TPSA) is 84.4 Å². The van der Waals surface area contributed by atoms with Gasteiger partial charge in [-0.25, -0.2) is 0 Å². The van der Waals surface area contributed by atoms with E-state index in [2.05, 4.69) is 14.1 Å². The average molecular weight is 451 g/mol. The van der Waals surface area contributed by atoms with Crippen molar-refractivity contribution in [3.05, 3.63) is 72.1 Å². The first-order chi connectivity index (χ1) is 15.7. The van der Waals surface area contributed by atoms with Gasteiger partial charge in [-0.3, -0.25) is 14.5 Å². The Morgan fingerprint density at radius 1 is 1.06 bits per heavy atom. The van der Waals surface area contributed by atoms with E-state index < -0.39 is 6.04 Å². The highest BCUT2D eigenvalue weighted by Crippen LogP contribution is 2.31. The van der Waals surface area contributed by atoms with Crippen molar-refractivity contribution in [1.82, 2.24) is 14.1 Å². The van der Waals surface area contributed by atoms with Crippen LogP contribution in [-0.2, 0) is 4.79 Å². The summed E-state index contributed by atoms with van der Waals surface area (Å²) in [7, 11) is 1.59. The van der Waals surface area contributed by atoms with E-state index in [4.69, 9.17) is 4.74 Å². The largest absolute Gasteiger partial charge is 0.497 e. The third-order valence-corrected chi connectivity index (χ3v) is 6.20. The van der Waals surface area contributed by atoms with Gasteiger partial charge in [0.15, 0.2) is 5.69 Å². The summed E-state index contributed by atoms with van der Waals surface area (Å²) in [5, 5.41) is 3.20. The van der Waals surface area contributed by atoms with Crippen LogP contribution in [0.5, 0.6) is 5.75 Å². The van der Waals surface area contributed by atoms with E-state index in [-0.39, 0.29) is 23.6 Å². The van der Waals surface area contributed by atoms with Crippen LogP contribution in [0.25, 0.3) is 0 Å². The number of carbonyl (C=O) groups is 2. The van der Waals surface area contributed by atoms with Gasteiger partial charge in [0.25, 0.3) is 5.91 Å². The van der Waals surface area contributed by atoms with Gasteiger partial charge in [-0.05, 0) is 42.7 Å². The van der Waals surface area contributed by atoms with E-state index >= 15 is 0 Å². The minimum absolute atomic E-state index is 0.122. The van der Waals surface area contributed by atoms with Gasteiger partial charge >= 0.3 is 0 Å². The Kier molecular flexibility index (Phi) is 7.11. The molecule has 8 heteroatoms. The van der Waals surface area contributed by atoms with Gasteiger partial charge in [0, 0.05) is 11.7 Å². The van der Waals surface area contributed by atoms with E-state index in [0.29, 0.717) is 11.4 Å². The lowest BCUT2D eigenvalue weighted by atomic mass is 9.94. The van der Waals surface area contributed by atoms with Crippen LogP contribution in [0.1, 0.15) is 54.2 Å². The molecule has 0 radical (unpaired) electrons. The molecule has 2 aromatic carbocycles. The van der Waals surface area contributed by atoms with Crippen molar-refractivity contribution < 1.29 is 14.3 Å². The maximum atomic E-state index is 13.7. The summed E-state index contributed by atoms with van der Waals surface area (Å²) < 4.78 is 13.4. The molecule has 2 amide bonds. The zero-order chi connectivity index (χ0) is 22.3. The summed E-state index contributed by atoms with van der Waals surface area (Å²) in [6.45, 7) is 0. The zero-order valence-electron chi connectivity index (χ0n) is 17.9. The molecule has 1 aromatic heterocycles. The monoisotopic (exact) mass is 450 g/mol. The number of hydrogen-bond donors (Lipinski definition) is 1. The van der Waals surface area contributed by atoms with Gasteiger partial charge in [0.1, 0.15) is 11.8 Å². The number of amides is 2. The molecule has 1 aliphatic rings. The lowest BCUT2D eigenvalue weighted by Gasteiger charge is -2.33. The second-order valence-corrected chi connectivity index (χ2v) is 8.38. The molecule has 0 bridgehead atoms. The third kappa shape index (κ3) is 4.96. The molecule has 1 heterocycles. The highest BCUT2D eigenvalue weighted by atomic mass is 32.1. The summed E-state index contributed by atoms with van der Waals surface area (Å²) in [5.41, 5.74) is 1.52. The maximum absolute atomic E-state index is 13.7. The standard InChI is InChI=1S/C24H26N4O3S/c1-31-20-14-12-19(13-15-20)28(24(30)21-16-25-32-27-21)22(17-8-4-2-5-9-17)23(29)26-18-10-6-3-7-11-18/h2,4-5,8-9,12-16,18,22H,3,6-7,10-11H2,1H3,(H,26,29)/t22-/m0/s1. The lowest BCUT2D eigenvalue weighted by Crippen LogP contribution is -2.47. The summed E-state index contributed by atoms with van der Waals surface area (Å²) in [6, 6.07) is 15.8. The van der Waals surface area contributed by atoms with Gasteiger partial charge in [-0.1, -0.05) is 49.6 Å². The molecule has 1 aliphatic carbocycles. The van der Waals surface area contributed by atoms with Crippen LogP contribution >= 0.6 is 11.7 Å². The van der Waals surface area contributed by atoms with E-state index in [1.165, 1.54) is 17.5 Å². The SMILES string of the molecule is COc1ccc(N(C(=O)c2cnsn2)[C@H](C(=O)NC2CCCCC2)c2ccccc2)cc1. The minimum atomic E-state index is -0.847. The van der Waals surface area contributed by atoms with Gasteiger partial charge in [0.05, 0.1) is 25.0 Å². The predicted octanol–water partition coefficient (Wildman–Crippen LogP) is 4.38. The van der Waals surface area contributed by atoms with Crippen LogP contribution in [0.15, 0.2) is 60.8 Å². The number of ether oxygens (including phenoxy) is 1. The molecular weight excluding hydrogens is 424 g/mol. The number of anilines is 1. The van der Waals surface area contributed by atoms with Gasteiger partial charge in [-0.15, -0.1) is 0 Å². The van der Waals surface area contributed by atoms with Crippen molar-refractivity contribution in [3.63, 3.8) is 0 Å². The predicted molar refractivity (Wildman–Crippen MR) is 124 cm³/mol. The molecule has 1 saturated carbocycles. The highest BCUT2D eigenvalue weighted by Gasteiger charge is 2.35. The summed E-state index contributed by atoms with van der Waals surface area (Å²) >= 11 is 0.963. The molecule has 0 saturated heterocycles. The summed E-state index contributed by atoms with van der Waals surface area (Å²) in [5.74, 6) is 0.0893. The minimum Gasteiger partial charge on any atom is -0.497 e. The van der Waals surface area contributed by atoms with Gasteiger partial charge in [0.2, 0.25) is 5.91 Å². The van der Waals surface area contributed by atoms with Crippen molar-refractivity contribution in [2.45, 2.75) is 44.2 Å². The number of nitrogens with zero attached hydrogens (tertiary/aromatic N) is 3.